The second kappa shape index (κ2) is 12.3. The van der Waals surface area contributed by atoms with E-state index in [2.05, 4.69) is 68.4 Å². The summed E-state index contributed by atoms with van der Waals surface area (Å²) >= 11 is 0. The average molecular weight is 871 g/mol. The molecule has 6 saturated carbocycles. The molecule has 1 aliphatic heterocycles. The molecule has 10 aliphatic rings. The van der Waals surface area contributed by atoms with Crippen molar-refractivity contribution in [2.75, 3.05) is 0 Å². The van der Waals surface area contributed by atoms with Gasteiger partial charge in [0.25, 0.3) is 0 Å². The molecule has 2 N–H and O–H groups in total. The van der Waals surface area contributed by atoms with Crippen molar-refractivity contribution in [3.05, 3.63) is 69.4 Å². The predicted octanol–water partition coefficient (Wildman–Crippen LogP) is 10.4. The minimum atomic E-state index is -2.36. The Bertz CT molecular complexity index is 2580. The highest BCUT2D eigenvalue weighted by Crippen LogP contribution is 2.77. The fourth-order valence-electron chi connectivity index (χ4n) is 17.9. The number of aliphatic hydroxyl groups is 2. The molecule has 0 amide bonds. The first-order valence-corrected chi connectivity index (χ1v) is 24.6. The van der Waals surface area contributed by atoms with Gasteiger partial charge in [-0.05, 0) is 152 Å². The van der Waals surface area contributed by atoms with Crippen LogP contribution in [0.4, 0.5) is 0 Å². The van der Waals surface area contributed by atoms with Gasteiger partial charge in [-0.3, -0.25) is 19.2 Å². The largest absolute Gasteiger partial charge is 0.471 e. The molecule has 342 valence electrons. The van der Waals surface area contributed by atoms with Crippen LogP contribution in [0.3, 0.4) is 0 Å². The monoisotopic (exact) mass is 871 g/mol. The van der Waals surface area contributed by atoms with E-state index < -0.39 is 39.5 Å². The summed E-state index contributed by atoms with van der Waals surface area (Å²) in [6, 6.07) is 1.90. The second-order valence-corrected chi connectivity index (χ2v) is 25.3. The molecule has 0 radical (unpaired) electrons. The average Bonchev–Trinajstić information content (AvgIpc) is 3.23. The molecule has 0 unspecified atom stereocenters. The topological polar surface area (TPSA) is 127 Å². The van der Waals surface area contributed by atoms with Crippen molar-refractivity contribution in [2.24, 2.45) is 61.6 Å². The molecule has 8 nitrogen and oxygen atoms in total. The predicted molar refractivity (Wildman–Crippen MR) is 244 cm³/mol. The molecule has 6 fully saturated rings. The molecule has 1 heterocycles. The van der Waals surface area contributed by atoms with Crippen LogP contribution >= 0.6 is 0 Å². The van der Waals surface area contributed by atoms with Gasteiger partial charge in [0.1, 0.15) is 11.9 Å². The third kappa shape index (κ3) is 4.56. The van der Waals surface area contributed by atoms with Crippen molar-refractivity contribution in [3.63, 3.8) is 0 Å². The maximum Gasteiger partial charge on any atom is 0.317 e. The van der Waals surface area contributed by atoms with Crippen molar-refractivity contribution >= 4 is 23.1 Å². The van der Waals surface area contributed by atoms with Crippen LogP contribution < -0.4 is 9.47 Å². The number of aliphatic hydroxyl groups excluding tert-OH is 1. The van der Waals surface area contributed by atoms with Crippen LogP contribution in [-0.4, -0.2) is 50.8 Å². The maximum atomic E-state index is 14.8. The zero-order valence-electron chi connectivity index (χ0n) is 40.4. The van der Waals surface area contributed by atoms with E-state index in [-0.39, 0.29) is 62.1 Å². The zero-order valence-corrected chi connectivity index (χ0v) is 40.4. The van der Waals surface area contributed by atoms with E-state index in [1.807, 2.05) is 32.1 Å². The van der Waals surface area contributed by atoms with E-state index in [0.717, 1.165) is 80.9 Å². The van der Waals surface area contributed by atoms with Crippen molar-refractivity contribution in [1.82, 2.24) is 0 Å². The van der Waals surface area contributed by atoms with E-state index in [4.69, 9.17) is 9.47 Å². The summed E-state index contributed by atoms with van der Waals surface area (Å²) < 4.78 is 13.8. The standard InChI is InChI=1S/C56H70O8/c1-29-23-39-47(4,28-36(29)58)15-19-53(10)41-27-35(57)43-31(3)45-37(25-34(43)49(41,6)17-20-52(39,53)9)63-56(62)42(59)26-33-32(55(56,12)64-45)13-14-38-48(33,5)16-21-54(11)40-24-30(2)44(60)46(61)50(40,7)18-22-51(38,54)8/h13-14,25-27,29-30,39-40,46,61-62H,15-24,28H2,1-12H3/t29-,30-,39-,40-,46-,47+,48+,49+,50-,51-,52+,53-,54+,55+,56-/m1/s1. The summed E-state index contributed by atoms with van der Waals surface area (Å²) in [4.78, 5) is 55.9. The van der Waals surface area contributed by atoms with Crippen molar-refractivity contribution < 1.29 is 38.9 Å². The van der Waals surface area contributed by atoms with E-state index in [1.54, 1.807) is 13.0 Å². The highest BCUT2D eigenvalue weighted by molar-refractivity contribution is 6.10. The first-order valence-electron chi connectivity index (χ1n) is 24.6. The SMILES string of the molecule is Cc1c2c(cc3c1C(=O)C=C1[C@@]3(C)CC[C@@]3(C)[C@@H]4C[C@@H](C)C(=O)C[C@]4(C)CC[C@]13C)O[C@]1(O)C(=O)C=C3C(=CC=C4[C@@]3(C)CC[C@@]3(C)[C@@H]5C[C@@H](C)C(=O)[C@@H](O)[C@]5(C)CC[C@]43C)[C@]1(C)O2. The molecule has 11 rings (SSSR count). The Morgan fingerprint density at radius 1 is 0.672 bits per heavy atom. The summed E-state index contributed by atoms with van der Waals surface area (Å²) in [6.07, 6.45) is 15.9. The van der Waals surface area contributed by atoms with Crippen LogP contribution in [0.25, 0.3) is 0 Å². The Morgan fingerprint density at radius 2 is 1.30 bits per heavy atom. The van der Waals surface area contributed by atoms with E-state index in [9.17, 15) is 29.4 Å². The lowest BCUT2D eigenvalue weighted by Crippen LogP contribution is -2.70. The number of hydrogen-bond donors (Lipinski definition) is 2. The van der Waals surface area contributed by atoms with E-state index in [0.29, 0.717) is 40.6 Å². The molecular weight excluding hydrogens is 801 g/mol. The van der Waals surface area contributed by atoms with Crippen molar-refractivity contribution in [1.29, 1.82) is 0 Å². The van der Waals surface area contributed by atoms with Gasteiger partial charge in [0.2, 0.25) is 11.4 Å². The molecular formula is C56H70O8. The van der Waals surface area contributed by atoms with Crippen LogP contribution in [0.5, 0.6) is 11.5 Å². The number of fused-ring (bicyclic) bond motifs is 17. The lowest BCUT2D eigenvalue weighted by molar-refractivity contribution is -0.231. The van der Waals surface area contributed by atoms with Gasteiger partial charge in [0, 0.05) is 51.2 Å². The Hall–Kier alpha value is -3.62. The van der Waals surface area contributed by atoms with Crippen LogP contribution in [0.2, 0.25) is 0 Å². The third-order valence-electron chi connectivity index (χ3n) is 22.6. The molecule has 8 heteroatoms. The molecule has 1 aromatic carbocycles. The van der Waals surface area contributed by atoms with Gasteiger partial charge in [-0.15, -0.1) is 0 Å². The van der Waals surface area contributed by atoms with Crippen LogP contribution in [0.15, 0.2) is 52.7 Å². The second-order valence-electron chi connectivity index (χ2n) is 25.3. The van der Waals surface area contributed by atoms with Gasteiger partial charge in [-0.2, -0.15) is 0 Å². The fourth-order valence-corrected chi connectivity index (χ4v) is 17.9. The highest BCUT2D eigenvalue weighted by atomic mass is 16.7. The maximum absolute atomic E-state index is 14.8. The van der Waals surface area contributed by atoms with Crippen LogP contribution in [0, 0.1) is 68.5 Å². The summed E-state index contributed by atoms with van der Waals surface area (Å²) in [6.45, 7) is 26.2. The van der Waals surface area contributed by atoms with Crippen molar-refractivity contribution in [2.45, 2.75) is 177 Å². The summed E-state index contributed by atoms with van der Waals surface area (Å²) in [5.74, 6) is -1.63. The lowest BCUT2D eigenvalue weighted by atomic mass is 9.34. The summed E-state index contributed by atoms with van der Waals surface area (Å²) in [5, 5.41) is 24.3. The number of carbonyl (C=O) groups excluding carboxylic acids is 4. The molecule has 1 aromatic rings. The number of carbonyl (C=O) groups is 4. The molecule has 0 bridgehead atoms. The third-order valence-corrected chi connectivity index (χ3v) is 22.6. The van der Waals surface area contributed by atoms with Crippen molar-refractivity contribution in [3.8, 4) is 11.5 Å². The first kappa shape index (κ1) is 43.0. The first-order chi connectivity index (χ1) is 29.6. The van der Waals surface area contributed by atoms with E-state index >= 15 is 0 Å². The minimum Gasteiger partial charge on any atom is -0.471 e. The number of rotatable bonds is 0. The normalized spacial score (nSPS) is 50.9. The van der Waals surface area contributed by atoms with E-state index in [1.165, 1.54) is 5.57 Å². The van der Waals surface area contributed by atoms with Gasteiger partial charge in [-0.25, -0.2) is 0 Å². The van der Waals surface area contributed by atoms with Gasteiger partial charge in [0.05, 0.1) is 0 Å². The van der Waals surface area contributed by atoms with Gasteiger partial charge < -0.3 is 19.7 Å². The van der Waals surface area contributed by atoms with Gasteiger partial charge >= 0.3 is 5.79 Å². The van der Waals surface area contributed by atoms with Crippen LogP contribution in [0.1, 0.15) is 168 Å². The summed E-state index contributed by atoms with van der Waals surface area (Å²) in [7, 11) is 0. The fraction of sp³-hybridized carbons (Fsp3) is 0.679. The number of allylic oxidation sites excluding steroid dienone is 5. The Morgan fingerprint density at radius 3 is 2.00 bits per heavy atom. The number of ketones is 4. The Kier molecular flexibility index (Phi) is 8.25. The van der Waals surface area contributed by atoms with Crippen LogP contribution in [-0.2, 0) is 19.8 Å². The smallest absolute Gasteiger partial charge is 0.317 e. The molecule has 0 saturated heterocycles. The highest BCUT2D eigenvalue weighted by Gasteiger charge is 2.72. The number of Topliss-reactive ketones (excluding diaryl/α,β-unsaturated/α-hetero) is 2. The lowest BCUT2D eigenvalue weighted by Gasteiger charge is -2.70. The molecule has 15 atom stereocenters. The van der Waals surface area contributed by atoms with Gasteiger partial charge in [0.15, 0.2) is 23.1 Å². The van der Waals surface area contributed by atoms with Gasteiger partial charge in [-0.1, -0.05) is 87.0 Å². The number of benzene rings is 1. The Balaban J connectivity index is 0.985. The number of hydrogen-bond acceptors (Lipinski definition) is 8. The minimum absolute atomic E-state index is 0.0355. The molecule has 64 heavy (non-hydrogen) atoms. The molecule has 0 aromatic heterocycles. The molecule has 9 aliphatic carbocycles. The quantitative estimate of drug-likeness (QED) is 0.264. The summed E-state index contributed by atoms with van der Waals surface area (Å²) in [5.41, 5.74) is 2.02. The Labute approximate surface area is 379 Å². The zero-order chi connectivity index (χ0) is 46.1. The number of ether oxygens (including phenoxy) is 2. The molecule has 0 spiro atoms.